The predicted octanol–water partition coefficient (Wildman–Crippen LogP) is 2.54. The highest BCUT2D eigenvalue weighted by Gasteiger charge is 2.22. The molecule has 1 aromatic rings. The molecule has 0 aromatic heterocycles. The lowest BCUT2D eigenvalue weighted by atomic mass is 10.0. The third-order valence-electron chi connectivity index (χ3n) is 3.72. The molecule has 4 nitrogen and oxygen atoms in total. The average molecular weight is 298 g/mol. The lowest BCUT2D eigenvalue weighted by molar-refractivity contribution is -0.127. The van der Waals surface area contributed by atoms with E-state index in [9.17, 15) is 9.59 Å². The van der Waals surface area contributed by atoms with Gasteiger partial charge in [-0.1, -0.05) is 36.4 Å². The molecule has 0 spiro atoms. The topological polar surface area (TPSA) is 49.4 Å². The first-order valence-corrected chi connectivity index (χ1v) is 7.65. The summed E-state index contributed by atoms with van der Waals surface area (Å²) >= 11 is 0. The second kappa shape index (κ2) is 8.17. The van der Waals surface area contributed by atoms with Crippen LogP contribution in [0.1, 0.15) is 30.1 Å². The van der Waals surface area contributed by atoms with Crippen molar-refractivity contribution >= 4 is 11.8 Å². The Morgan fingerprint density at radius 3 is 2.45 bits per heavy atom. The molecule has 4 heteroatoms. The Morgan fingerprint density at radius 1 is 1.14 bits per heavy atom. The maximum Gasteiger partial charge on any atom is 0.251 e. The van der Waals surface area contributed by atoms with Gasteiger partial charge in [-0.2, -0.15) is 0 Å². The van der Waals surface area contributed by atoms with Crippen molar-refractivity contribution in [2.45, 2.75) is 25.8 Å². The minimum Gasteiger partial charge on any atom is -0.349 e. The number of amides is 2. The summed E-state index contributed by atoms with van der Waals surface area (Å²) in [7, 11) is 0. The molecule has 22 heavy (non-hydrogen) atoms. The molecular weight excluding hydrogens is 276 g/mol. The number of carbonyl (C=O) groups excluding carboxylic acids is 2. The number of hydrogen-bond donors (Lipinski definition) is 1. The van der Waals surface area contributed by atoms with Gasteiger partial charge in [0.25, 0.3) is 5.91 Å². The molecule has 0 bridgehead atoms. The molecule has 1 fully saturated rings. The van der Waals surface area contributed by atoms with Gasteiger partial charge in [0.1, 0.15) is 0 Å². The van der Waals surface area contributed by atoms with Crippen LogP contribution in [-0.2, 0) is 4.79 Å². The Kier molecular flexibility index (Phi) is 5.95. The Balaban J connectivity index is 1.80. The van der Waals surface area contributed by atoms with Gasteiger partial charge >= 0.3 is 0 Å². The molecule has 116 valence electrons. The van der Waals surface area contributed by atoms with Gasteiger partial charge in [0.05, 0.1) is 0 Å². The predicted molar refractivity (Wildman–Crippen MR) is 87.5 cm³/mol. The summed E-state index contributed by atoms with van der Waals surface area (Å²) in [5.41, 5.74) is 0.676. The molecule has 0 saturated carbocycles. The van der Waals surface area contributed by atoms with E-state index < -0.39 is 0 Å². The van der Waals surface area contributed by atoms with Gasteiger partial charge in [-0.25, -0.2) is 0 Å². The molecule has 1 aromatic carbocycles. The molecule has 1 aliphatic heterocycles. The van der Waals surface area contributed by atoms with Crippen LogP contribution in [0.25, 0.3) is 0 Å². The maximum absolute atomic E-state index is 12.1. The van der Waals surface area contributed by atoms with Gasteiger partial charge < -0.3 is 10.2 Å². The van der Waals surface area contributed by atoms with E-state index in [-0.39, 0.29) is 17.9 Å². The van der Waals surface area contributed by atoms with E-state index in [1.165, 1.54) is 0 Å². The van der Waals surface area contributed by atoms with Crippen molar-refractivity contribution in [2.75, 3.05) is 13.1 Å². The van der Waals surface area contributed by atoms with Crippen LogP contribution in [0.15, 0.2) is 54.6 Å². The summed E-state index contributed by atoms with van der Waals surface area (Å²) in [6.45, 7) is 3.27. The summed E-state index contributed by atoms with van der Waals surface area (Å²) in [6, 6.07) is 9.35. The fraction of sp³-hybridized carbons (Fsp3) is 0.333. The van der Waals surface area contributed by atoms with Crippen molar-refractivity contribution in [3.8, 4) is 0 Å². The van der Waals surface area contributed by atoms with E-state index >= 15 is 0 Å². The monoisotopic (exact) mass is 298 g/mol. The highest BCUT2D eigenvalue weighted by Crippen LogP contribution is 2.12. The van der Waals surface area contributed by atoms with E-state index in [0.717, 1.165) is 12.8 Å². The third kappa shape index (κ3) is 4.58. The fourth-order valence-electron chi connectivity index (χ4n) is 2.46. The Hall–Kier alpha value is -2.36. The van der Waals surface area contributed by atoms with Crippen LogP contribution in [0.5, 0.6) is 0 Å². The number of piperidine rings is 1. The summed E-state index contributed by atoms with van der Waals surface area (Å²) in [6.07, 6.45) is 8.65. The van der Waals surface area contributed by atoms with Crippen LogP contribution in [-0.4, -0.2) is 35.8 Å². The molecular formula is C18H22N2O2. The second-order valence-corrected chi connectivity index (χ2v) is 5.32. The number of benzene rings is 1. The van der Waals surface area contributed by atoms with Crippen LogP contribution in [0, 0.1) is 0 Å². The minimum atomic E-state index is -0.0432. The molecule has 2 amide bonds. The number of carbonyl (C=O) groups is 2. The van der Waals surface area contributed by atoms with Crippen molar-refractivity contribution in [3.05, 3.63) is 60.2 Å². The van der Waals surface area contributed by atoms with E-state index in [4.69, 9.17) is 0 Å². The number of nitrogens with zero attached hydrogens (tertiary/aromatic N) is 1. The Morgan fingerprint density at radius 2 is 1.82 bits per heavy atom. The first-order chi connectivity index (χ1) is 10.7. The molecule has 1 N–H and O–H groups in total. The van der Waals surface area contributed by atoms with Crippen molar-refractivity contribution in [3.63, 3.8) is 0 Å². The second-order valence-electron chi connectivity index (χ2n) is 5.32. The summed E-state index contributed by atoms with van der Waals surface area (Å²) in [5, 5.41) is 3.04. The van der Waals surface area contributed by atoms with Gasteiger partial charge in [-0.05, 0) is 31.9 Å². The van der Waals surface area contributed by atoms with Gasteiger partial charge in [0, 0.05) is 30.8 Å². The van der Waals surface area contributed by atoms with Gasteiger partial charge in [0.2, 0.25) is 5.91 Å². The Bertz CT molecular complexity index is 556. The van der Waals surface area contributed by atoms with Crippen molar-refractivity contribution in [2.24, 2.45) is 0 Å². The number of allylic oxidation sites excluding steroid dienone is 3. The summed E-state index contributed by atoms with van der Waals surface area (Å²) in [4.78, 5) is 25.9. The first-order valence-electron chi connectivity index (χ1n) is 7.65. The maximum atomic E-state index is 12.1. The van der Waals surface area contributed by atoms with E-state index in [0.29, 0.717) is 18.7 Å². The summed E-state index contributed by atoms with van der Waals surface area (Å²) in [5.74, 6) is -0.00992. The molecule has 1 saturated heterocycles. The zero-order valence-corrected chi connectivity index (χ0v) is 12.9. The lowest BCUT2D eigenvalue weighted by Gasteiger charge is -2.31. The highest BCUT2D eigenvalue weighted by atomic mass is 16.2. The SMILES string of the molecule is C/C=C/C=C/C(=O)N1CCC(NC(=O)c2ccccc2)CC1. The van der Waals surface area contributed by atoms with Crippen molar-refractivity contribution in [1.29, 1.82) is 0 Å². The zero-order chi connectivity index (χ0) is 15.8. The zero-order valence-electron chi connectivity index (χ0n) is 12.9. The van der Waals surface area contributed by atoms with E-state index in [2.05, 4.69) is 5.32 Å². The smallest absolute Gasteiger partial charge is 0.251 e. The molecule has 1 aliphatic rings. The molecule has 1 heterocycles. The number of hydrogen-bond acceptors (Lipinski definition) is 2. The van der Waals surface area contributed by atoms with Crippen molar-refractivity contribution < 1.29 is 9.59 Å². The largest absolute Gasteiger partial charge is 0.349 e. The van der Waals surface area contributed by atoms with Gasteiger partial charge in [0.15, 0.2) is 0 Å². The summed E-state index contributed by atoms with van der Waals surface area (Å²) < 4.78 is 0. The molecule has 0 aliphatic carbocycles. The van der Waals surface area contributed by atoms with Crippen LogP contribution in [0.2, 0.25) is 0 Å². The van der Waals surface area contributed by atoms with E-state index in [1.54, 1.807) is 24.3 Å². The highest BCUT2D eigenvalue weighted by molar-refractivity contribution is 5.94. The minimum absolute atomic E-state index is 0.0333. The van der Waals surface area contributed by atoms with Crippen LogP contribution in [0.3, 0.4) is 0 Å². The third-order valence-corrected chi connectivity index (χ3v) is 3.72. The Labute approximate surface area is 131 Å². The average Bonchev–Trinajstić information content (AvgIpc) is 2.56. The number of nitrogens with one attached hydrogen (secondary N) is 1. The van der Waals surface area contributed by atoms with Crippen LogP contribution < -0.4 is 5.32 Å². The fourth-order valence-corrected chi connectivity index (χ4v) is 2.46. The van der Waals surface area contributed by atoms with Gasteiger partial charge in [-0.15, -0.1) is 0 Å². The van der Waals surface area contributed by atoms with Crippen molar-refractivity contribution in [1.82, 2.24) is 10.2 Å². The molecule has 0 unspecified atom stereocenters. The number of likely N-dealkylation sites (tertiary alicyclic amines) is 1. The lowest BCUT2D eigenvalue weighted by Crippen LogP contribution is -2.46. The number of rotatable bonds is 4. The normalized spacial score (nSPS) is 16.3. The molecule has 2 rings (SSSR count). The molecule has 0 atom stereocenters. The van der Waals surface area contributed by atoms with Crippen LogP contribution in [0.4, 0.5) is 0 Å². The quantitative estimate of drug-likeness (QED) is 0.686. The standard InChI is InChI=1S/C18H22N2O2/c1-2-3-5-10-17(21)20-13-11-16(12-14-20)19-18(22)15-8-6-4-7-9-15/h2-10,16H,11-14H2,1H3,(H,19,22)/b3-2+,10-5+. The van der Waals surface area contributed by atoms with Crippen LogP contribution >= 0.6 is 0 Å². The van der Waals surface area contributed by atoms with Gasteiger partial charge in [-0.3, -0.25) is 9.59 Å². The molecule has 0 radical (unpaired) electrons. The first kappa shape index (κ1) is 16.0. The van der Waals surface area contributed by atoms with E-state index in [1.807, 2.05) is 42.2 Å².